The lowest BCUT2D eigenvalue weighted by Crippen LogP contribution is -2.44. The standard InChI is InChI=1S/C33H56O8/c1-3-13-29(34)38-23-33(24-39-30(35)14-4-2,25-40-31(36)21-11-19-27-15-7-5-8-16-27)26-41-32(37)22-12-20-28-17-9-6-10-18-28/h27-28H,3-26H2,1-2H3. The Morgan fingerprint density at radius 2 is 0.829 bits per heavy atom. The lowest BCUT2D eigenvalue weighted by atomic mass is 9.86. The van der Waals surface area contributed by atoms with E-state index < -0.39 is 17.4 Å². The number of hydrogen-bond donors (Lipinski definition) is 0. The van der Waals surface area contributed by atoms with Gasteiger partial charge in [-0.05, 0) is 50.4 Å². The number of hydrogen-bond acceptors (Lipinski definition) is 8. The molecule has 0 amide bonds. The summed E-state index contributed by atoms with van der Waals surface area (Å²) in [7, 11) is 0. The maximum atomic E-state index is 12.7. The Hall–Kier alpha value is -2.12. The van der Waals surface area contributed by atoms with Gasteiger partial charge in [-0.2, -0.15) is 0 Å². The van der Waals surface area contributed by atoms with Crippen LogP contribution in [0.5, 0.6) is 0 Å². The number of carbonyl (C=O) groups is 4. The van der Waals surface area contributed by atoms with Gasteiger partial charge in [-0.15, -0.1) is 0 Å². The molecular weight excluding hydrogens is 524 g/mol. The van der Waals surface area contributed by atoms with Crippen molar-refractivity contribution in [3.8, 4) is 0 Å². The molecule has 0 heterocycles. The van der Waals surface area contributed by atoms with E-state index in [0.717, 1.165) is 25.7 Å². The summed E-state index contributed by atoms with van der Waals surface area (Å²) < 4.78 is 22.3. The van der Waals surface area contributed by atoms with Gasteiger partial charge in [0.15, 0.2) is 0 Å². The maximum Gasteiger partial charge on any atom is 0.305 e. The predicted octanol–water partition coefficient (Wildman–Crippen LogP) is 7.25. The van der Waals surface area contributed by atoms with Crippen molar-refractivity contribution in [1.82, 2.24) is 0 Å². The van der Waals surface area contributed by atoms with E-state index in [1.54, 1.807) is 0 Å². The van der Waals surface area contributed by atoms with Crippen LogP contribution < -0.4 is 0 Å². The second-order valence-electron chi connectivity index (χ2n) is 12.4. The molecule has 0 aromatic rings. The molecule has 0 unspecified atom stereocenters. The predicted molar refractivity (Wildman–Crippen MR) is 157 cm³/mol. The number of carbonyl (C=O) groups excluding carboxylic acids is 4. The third kappa shape index (κ3) is 15.6. The van der Waals surface area contributed by atoms with Gasteiger partial charge >= 0.3 is 23.9 Å². The van der Waals surface area contributed by atoms with Gasteiger partial charge in [-0.1, -0.05) is 78.1 Å². The second-order valence-corrected chi connectivity index (χ2v) is 12.4. The van der Waals surface area contributed by atoms with E-state index in [-0.39, 0.29) is 51.2 Å². The average molecular weight is 581 g/mol. The first-order chi connectivity index (χ1) is 19.9. The fraction of sp³-hybridized carbons (Fsp3) is 0.879. The molecule has 2 fully saturated rings. The molecule has 2 aliphatic carbocycles. The first kappa shape index (κ1) is 35.1. The Labute approximate surface area is 248 Å². The van der Waals surface area contributed by atoms with Gasteiger partial charge in [0.25, 0.3) is 0 Å². The van der Waals surface area contributed by atoms with Crippen LogP contribution >= 0.6 is 0 Å². The maximum absolute atomic E-state index is 12.7. The van der Waals surface area contributed by atoms with Crippen LogP contribution in [0.3, 0.4) is 0 Å². The summed E-state index contributed by atoms with van der Waals surface area (Å²) in [5.41, 5.74) is -1.16. The molecule has 236 valence electrons. The molecular formula is C33H56O8. The molecule has 0 N–H and O–H groups in total. The van der Waals surface area contributed by atoms with Crippen molar-refractivity contribution in [3.63, 3.8) is 0 Å². The van der Waals surface area contributed by atoms with Gasteiger partial charge in [0.1, 0.15) is 31.8 Å². The van der Waals surface area contributed by atoms with Gasteiger partial charge < -0.3 is 18.9 Å². The fourth-order valence-corrected chi connectivity index (χ4v) is 5.90. The zero-order valence-corrected chi connectivity index (χ0v) is 25.9. The highest BCUT2D eigenvalue weighted by molar-refractivity contribution is 5.71. The third-order valence-electron chi connectivity index (χ3n) is 8.50. The van der Waals surface area contributed by atoms with E-state index in [0.29, 0.717) is 37.5 Å². The molecule has 0 saturated heterocycles. The molecule has 0 atom stereocenters. The molecule has 0 bridgehead atoms. The zero-order valence-electron chi connectivity index (χ0n) is 25.9. The van der Waals surface area contributed by atoms with Crippen LogP contribution in [-0.4, -0.2) is 50.3 Å². The van der Waals surface area contributed by atoms with Crippen LogP contribution in [0.2, 0.25) is 0 Å². The topological polar surface area (TPSA) is 105 Å². The molecule has 0 spiro atoms. The van der Waals surface area contributed by atoms with Crippen molar-refractivity contribution in [1.29, 1.82) is 0 Å². The van der Waals surface area contributed by atoms with E-state index in [2.05, 4.69) is 0 Å². The van der Waals surface area contributed by atoms with Crippen molar-refractivity contribution in [2.45, 2.75) is 142 Å². The first-order valence-electron chi connectivity index (χ1n) is 16.5. The third-order valence-corrected chi connectivity index (χ3v) is 8.50. The first-order valence-corrected chi connectivity index (χ1v) is 16.5. The smallest absolute Gasteiger partial charge is 0.305 e. The monoisotopic (exact) mass is 580 g/mol. The van der Waals surface area contributed by atoms with Crippen molar-refractivity contribution in [2.75, 3.05) is 26.4 Å². The highest BCUT2D eigenvalue weighted by atomic mass is 16.6. The summed E-state index contributed by atoms with van der Waals surface area (Å²) in [6, 6.07) is 0. The van der Waals surface area contributed by atoms with E-state index in [1.807, 2.05) is 13.8 Å². The Morgan fingerprint density at radius 3 is 1.15 bits per heavy atom. The molecule has 2 aliphatic rings. The van der Waals surface area contributed by atoms with Crippen LogP contribution in [0.1, 0.15) is 142 Å². The molecule has 8 heteroatoms. The van der Waals surface area contributed by atoms with Crippen LogP contribution in [0, 0.1) is 17.3 Å². The van der Waals surface area contributed by atoms with E-state index >= 15 is 0 Å². The van der Waals surface area contributed by atoms with Crippen molar-refractivity contribution in [2.24, 2.45) is 17.3 Å². The van der Waals surface area contributed by atoms with Gasteiger partial charge in [-0.3, -0.25) is 19.2 Å². The van der Waals surface area contributed by atoms with Gasteiger partial charge in [0.2, 0.25) is 0 Å². The minimum atomic E-state index is -1.16. The number of esters is 4. The lowest BCUT2D eigenvalue weighted by molar-refractivity contribution is -0.170. The van der Waals surface area contributed by atoms with Gasteiger partial charge in [-0.25, -0.2) is 0 Å². The Balaban J connectivity index is 1.97. The minimum absolute atomic E-state index is 0.163. The van der Waals surface area contributed by atoms with E-state index in [9.17, 15) is 19.2 Å². The highest BCUT2D eigenvalue weighted by Crippen LogP contribution is 2.29. The van der Waals surface area contributed by atoms with Crippen molar-refractivity contribution >= 4 is 23.9 Å². The van der Waals surface area contributed by atoms with Crippen LogP contribution in [0.15, 0.2) is 0 Å². The van der Waals surface area contributed by atoms with E-state index in [1.165, 1.54) is 64.2 Å². The molecule has 0 aromatic heterocycles. The molecule has 0 radical (unpaired) electrons. The summed E-state index contributed by atoms with van der Waals surface area (Å²) in [6.45, 7) is 3.09. The quantitative estimate of drug-likeness (QED) is 0.110. The normalized spacial score (nSPS) is 16.6. The SMILES string of the molecule is CCCC(=O)OCC(COC(=O)CCC)(COC(=O)CCCC1CCCCC1)COC(=O)CCCC1CCCCC1. The summed E-state index contributed by atoms with van der Waals surface area (Å²) in [5, 5.41) is 0. The van der Waals surface area contributed by atoms with E-state index in [4.69, 9.17) is 18.9 Å². The summed E-state index contributed by atoms with van der Waals surface area (Å²) >= 11 is 0. The average Bonchev–Trinajstić information content (AvgIpc) is 2.98. The molecule has 2 rings (SSSR count). The Morgan fingerprint density at radius 1 is 0.512 bits per heavy atom. The summed E-state index contributed by atoms with van der Waals surface area (Å²) in [6.07, 6.45) is 18.5. The van der Waals surface area contributed by atoms with Crippen molar-refractivity contribution < 1.29 is 38.1 Å². The van der Waals surface area contributed by atoms with Crippen LogP contribution in [-0.2, 0) is 38.1 Å². The Kier molecular flexibility index (Phi) is 17.7. The molecule has 0 aromatic carbocycles. The number of ether oxygens (including phenoxy) is 4. The fourth-order valence-electron chi connectivity index (χ4n) is 5.90. The summed E-state index contributed by atoms with van der Waals surface area (Å²) in [4.78, 5) is 49.9. The molecule has 2 saturated carbocycles. The lowest BCUT2D eigenvalue weighted by Gasteiger charge is -2.31. The van der Waals surface area contributed by atoms with Crippen LogP contribution in [0.4, 0.5) is 0 Å². The molecule has 41 heavy (non-hydrogen) atoms. The largest absolute Gasteiger partial charge is 0.465 e. The second kappa shape index (κ2) is 20.7. The Bertz CT molecular complexity index is 703. The zero-order chi connectivity index (χ0) is 29.8. The van der Waals surface area contributed by atoms with Gasteiger partial charge in [0.05, 0.1) is 0 Å². The van der Waals surface area contributed by atoms with Gasteiger partial charge in [0, 0.05) is 25.7 Å². The number of rotatable bonds is 20. The van der Waals surface area contributed by atoms with Crippen LogP contribution in [0.25, 0.3) is 0 Å². The highest BCUT2D eigenvalue weighted by Gasteiger charge is 2.38. The summed E-state index contributed by atoms with van der Waals surface area (Å²) in [5.74, 6) is -0.107. The van der Waals surface area contributed by atoms with Crippen molar-refractivity contribution in [3.05, 3.63) is 0 Å². The molecule has 0 aliphatic heterocycles. The minimum Gasteiger partial charge on any atom is -0.465 e. The molecule has 8 nitrogen and oxygen atoms in total.